The van der Waals surface area contributed by atoms with Gasteiger partial charge in [0.1, 0.15) is 12.1 Å². The summed E-state index contributed by atoms with van der Waals surface area (Å²) in [5.74, 6) is 0.938. The Balaban J connectivity index is 1.59. The maximum absolute atomic E-state index is 5.57. The van der Waals surface area contributed by atoms with Gasteiger partial charge in [0.05, 0.1) is 5.52 Å². The van der Waals surface area contributed by atoms with Crippen molar-refractivity contribution >= 4 is 16.7 Å². The Bertz CT molecular complexity index is 539. The summed E-state index contributed by atoms with van der Waals surface area (Å²) in [6, 6.07) is 8.10. The monoisotopic (exact) mass is 301 g/mol. The number of nitrogens with zero attached hydrogens (tertiary/aromatic N) is 2. The first kappa shape index (κ1) is 16.7. The van der Waals surface area contributed by atoms with E-state index in [2.05, 4.69) is 28.3 Å². The summed E-state index contributed by atoms with van der Waals surface area (Å²) in [6.45, 7) is 4.97. The highest BCUT2D eigenvalue weighted by atomic mass is 16.5. The molecule has 0 aliphatic rings. The Morgan fingerprint density at radius 1 is 0.955 bits per heavy atom. The molecule has 2 rings (SSSR count). The summed E-state index contributed by atoms with van der Waals surface area (Å²) in [5.41, 5.74) is 0.990. The van der Waals surface area contributed by atoms with Gasteiger partial charge in [-0.1, -0.05) is 38.3 Å². The van der Waals surface area contributed by atoms with E-state index in [-0.39, 0.29) is 0 Å². The van der Waals surface area contributed by atoms with Crippen molar-refractivity contribution in [1.29, 1.82) is 0 Å². The van der Waals surface area contributed by atoms with E-state index in [4.69, 9.17) is 4.74 Å². The minimum atomic E-state index is 0.907. The van der Waals surface area contributed by atoms with Crippen LogP contribution in [0.2, 0.25) is 0 Å². The highest BCUT2D eigenvalue weighted by Crippen LogP contribution is 2.18. The average molecular weight is 301 g/mol. The third-order valence-corrected chi connectivity index (χ3v) is 3.69. The van der Waals surface area contributed by atoms with Gasteiger partial charge in [-0.2, -0.15) is 0 Å². The van der Waals surface area contributed by atoms with Crippen molar-refractivity contribution in [2.75, 3.05) is 25.1 Å². The van der Waals surface area contributed by atoms with Gasteiger partial charge in [0.2, 0.25) is 0 Å². The van der Waals surface area contributed by atoms with Crippen LogP contribution in [-0.2, 0) is 4.74 Å². The third kappa shape index (κ3) is 5.60. The zero-order valence-electron chi connectivity index (χ0n) is 13.6. The van der Waals surface area contributed by atoms with Gasteiger partial charge in [0.15, 0.2) is 0 Å². The second kappa shape index (κ2) is 10.1. The third-order valence-electron chi connectivity index (χ3n) is 3.69. The number of anilines is 1. The van der Waals surface area contributed by atoms with Crippen molar-refractivity contribution in [3.8, 4) is 0 Å². The van der Waals surface area contributed by atoms with E-state index in [0.29, 0.717) is 0 Å². The molecule has 1 aromatic carbocycles. The van der Waals surface area contributed by atoms with Crippen molar-refractivity contribution < 1.29 is 4.74 Å². The Morgan fingerprint density at radius 3 is 2.68 bits per heavy atom. The maximum Gasteiger partial charge on any atom is 0.137 e. The molecule has 4 heteroatoms. The quantitative estimate of drug-likeness (QED) is 0.624. The smallest absolute Gasteiger partial charge is 0.137 e. The molecule has 22 heavy (non-hydrogen) atoms. The van der Waals surface area contributed by atoms with Crippen molar-refractivity contribution in [1.82, 2.24) is 9.97 Å². The Morgan fingerprint density at radius 2 is 1.77 bits per heavy atom. The zero-order chi connectivity index (χ0) is 15.5. The van der Waals surface area contributed by atoms with Crippen LogP contribution in [-0.4, -0.2) is 29.7 Å². The number of ether oxygens (including phenoxy) is 1. The van der Waals surface area contributed by atoms with Gasteiger partial charge in [-0.15, -0.1) is 0 Å². The van der Waals surface area contributed by atoms with Crippen LogP contribution in [0, 0.1) is 0 Å². The highest BCUT2D eigenvalue weighted by Gasteiger charge is 2.01. The van der Waals surface area contributed by atoms with Crippen LogP contribution >= 0.6 is 0 Å². The summed E-state index contributed by atoms with van der Waals surface area (Å²) >= 11 is 0. The van der Waals surface area contributed by atoms with Gasteiger partial charge < -0.3 is 10.1 Å². The van der Waals surface area contributed by atoms with E-state index in [1.54, 1.807) is 6.33 Å². The zero-order valence-corrected chi connectivity index (χ0v) is 13.6. The number of nitrogens with one attached hydrogen (secondary N) is 1. The first-order chi connectivity index (χ1) is 10.9. The van der Waals surface area contributed by atoms with Crippen LogP contribution in [0.15, 0.2) is 30.6 Å². The van der Waals surface area contributed by atoms with Crippen LogP contribution in [0.25, 0.3) is 10.9 Å². The predicted octanol–water partition coefficient (Wildman–Crippen LogP) is 4.42. The second-order valence-corrected chi connectivity index (χ2v) is 5.55. The molecule has 4 nitrogen and oxygen atoms in total. The van der Waals surface area contributed by atoms with E-state index in [0.717, 1.165) is 42.9 Å². The van der Waals surface area contributed by atoms with Crippen molar-refractivity contribution in [3.05, 3.63) is 30.6 Å². The molecular formula is C18H27N3O. The molecule has 1 N–H and O–H groups in total. The molecule has 2 aromatic rings. The molecule has 0 saturated carbocycles. The van der Waals surface area contributed by atoms with Crippen LogP contribution in [0.3, 0.4) is 0 Å². The number of hydrogen-bond acceptors (Lipinski definition) is 4. The molecule has 1 aromatic heterocycles. The lowest BCUT2D eigenvalue weighted by molar-refractivity contribution is 0.127. The molecule has 0 bridgehead atoms. The van der Waals surface area contributed by atoms with Crippen molar-refractivity contribution in [2.45, 2.75) is 45.4 Å². The van der Waals surface area contributed by atoms with E-state index in [9.17, 15) is 0 Å². The van der Waals surface area contributed by atoms with E-state index < -0.39 is 0 Å². The van der Waals surface area contributed by atoms with Gasteiger partial charge in [-0.3, -0.25) is 0 Å². The van der Waals surface area contributed by atoms with Crippen LogP contribution in [0.1, 0.15) is 45.4 Å². The first-order valence-corrected chi connectivity index (χ1v) is 8.43. The first-order valence-electron chi connectivity index (χ1n) is 8.43. The van der Waals surface area contributed by atoms with Gasteiger partial charge in [-0.05, 0) is 31.4 Å². The molecule has 0 aliphatic carbocycles. The number of rotatable bonds is 11. The van der Waals surface area contributed by atoms with Crippen LogP contribution < -0.4 is 5.32 Å². The topological polar surface area (TPSA) is 47.0 Å². The fourth-order valence-electron chi connectivity index (χ4n) is 2.38. The summed E-state index contributed by atoms with van der Waals surface area (Å²) in [5, 5.41) is 4.52. The number of benzene rings is 1. The fraction of sp³-hybridized carbons (Fsp3) is 0.556. The SMILES string of the molecule is CCCCOCCCCCCNc1ncnc2ccccc12. The predicted molar refractivity (Wildman–Crippen MR) is 92.2 cm³/mol. The Labute approximate surface area is 133 Å². The standard InChI is InChI=1S/C18H27N3O/c1-2-3-13-22-14-9-5-4-8-12-19-18-16-10-6-7-11-17(16)20-15-21-18/h6-7,10-11,15H,2-5,8-9,12-14H2,1H3,(H,19,20,21). The molecule has 1 heterocycles. The normalized spacial score (nSPS) is 11.0. The summed E-state index contributed by atoms with van der Waals surface area (Å²) in [6.07, 6.45) is 8.80. The van der Waals surface area contributed by atoms with Crippen LogP contribution in [0.4, 0.5) is 5.82 Å². The summed E-state index contributed by atoms with van der Waals surface area (Å²) in [7, 11) is 0. The fourth-order valence-corrected chi connectivity index (χ4v) is 2.38. The lowest BCUT2D eigenvalue weighted by Crippen LogP contribution is -2.04. The maximum atomic E-state index is 5.57. The number of para-hydroxylation sites is 1. The number of hydrogen-bond donors (Lipinski definition) is 1. The van der Waals surface area contributed by atoms with Gasteiger partial charge in [-0.25, -0.2) is 9.97 Å². The molecule has 0 saturated heterocycles. The van der Waals surface area contributed by atoms with Crippen molar-refractivity contribution in [2.24, 2.45) is 0 Å². The van der Waals surface area contributed by atoms with E-state index >= 15 is 0 Å². The van der Waals surface area contributed by atoms with E-state index in [1.165, 1.54) is 32.1 Å². The second-order valence-electron chi connectivity index (χ2n) is 5.55. The molecule has 0 fully saturated rings. The molecule has 0 unspecified atom stereocenters. The summed E-state index contributed by atoms with van der Waals surface area (Å²) < 4.78 is 5.57. The minimum absolute atomic E-state index is 0.907. The molecule has 0 amide bonds. The molecule has 0 radical (unpaired) electrons. The highest BCUT2D eigenvalue weighted by molar-refractivity contribution is 5.88. The lowest BCUT2D eigenvalue weighted by atomic mass is 10.2. The Hall–Kier alpha value is -1.68. The summed E-state index contributed by atoms with van der Waals surface area (Å²) in [4.78, 5) is 8.62. The molecule has 120 valence electrons. The van der Waals surface area contributed by atoms with Crippen LogP contribution in [0.5, 0.6) is 0 Å². The molecule has 0 spiro atoms. The van der Waals surface area contributed by atoms with E-state index in [1.807, 2.05) is 18.2 Å². The number of aromatic nitrogens is 2. The number of fused-ring (bicyclic) bond motifs is 1. The van der Waals surface area contributed by atoms with Gasteiger partial charge in [0.25, 0.3) is 0 Å². The molecule has 0 atom stereocenters. The number of unbranched alkanes of at least 4 members (excludes halogenated alkanes) is 4. The van der Waals surface area contributed by atoms with Gasteiger partial charge in [0, 0.05) is 25.1 Å². The van der Waals surface area contributed by atoms with Gasteiger partial charge >= 0.3 is 0 Å². The largest absolute Gasteiger partial charge is 0.381 e. The molecule has 0 aliphatic heterocycles. The molecular weight excluding hydrogens is 274 g/mol. The minimum Gasteiger partial charge on any atom is -0.381 e. The average Bonchev–Trinajstić information content (AvgIpc) is 2.56. The van der Waals surface area contributed by atoms with Crippen molar-refractivity contribution in [3.63, 3.8) is 0 Å². The Kier molecular flexibility index (Phi) is 7.67. The lowest BCUT2D eigenvalue weighted by Gasteiger charge is -2.08.